The number of aryl methyl sites for hydroxylation is 1. The molecule has 6 heteroatoms. The molecule has 0 aromatic carbocycles. The fourth-order valence-corrected chi connectivity index (χ4v) is 2.72. The Morgan fingerprint density at radius 1 is 1.21 bits per heavy atom. The quantitative estimate of drug-likeness (QED) is 0.697. The van der Waals surface area contributed by atoms with Crippen LogP contribution < -0.4 is 5.73 Å². The first-order valence-electron chi connectivity index (χ1n) is 5.62. The molecular weight excluding hydrogens is 372 g/mol. The summed E-state index contributed by atoms with van der Waals surface area (Å²) in [5, 5.41) is 0. The zero-order valence-corrected chi connectivity index (χ0v) is 13.2. The number of hydrogen-bond acceptors (Lipinski definition) is 3. The summed E-state index contributed by atoms with van der Waals surface area (Å²) in [7, 11) is 0. The van der Waals surface area contributed by atoms with Crippen molar-refractivity contribution < 1.29 is 0 Å². The van der Waals surface area contributed by atoms with E-state index >= 15 is 0 Å². The summed E-state index contributed by atoms with van der Waals surface area (Å²) in [6.45, 7) is 2.00. The van der Waals surface area contributed by atoms with Crippen LogP contribution >= 0.6 is 31.9 Å². The lowest BCUT2D eigenvalue weighted by Crippen LogP contribution is -1.98. The number of aromatic nitrogens is 3. The molecule has 0 saturated carbocycles. The highest BCUT2D eigenvalue weighted by molar-refractivity contribution is 9.10. The Kier molecular flexibility index (Phi) is 3.06. The lowest BCUT2D eigenvalue weighted by molar-refractivity contribution is 1.09. The number of anilines is 1. The summed E-state index contributed by atoms with van der Waals surface area (Å²) in [5.41, 5.74) is 9.72. The fourth-order valence-electron chi connectivity index (χ4n) is 2.04. The number of nitrogen functional groups attached to an aromatic ring is 1. The van der Waals surface area contributed by atoms with E-state index in [1.165, 1.54) is 0 Å². The van der Waals surface area contributed by atoms with Crippen molar-refractivity contribution in [2.24, 2.45) is 0 Å². The summed E-state index contributed by atoms with van der Waals surface area (Å²) in [5.74, 6) is 0.619. The van der Waals surface area contributed by atoms with Gasteiger partial charge in [-0.3, -0.25) is 9.38 Å². The van der Waals surface area contributed by atoms with Gasteiger partial charge >= 0.3 is 0 Å². The highest BCUT2D eigenvalue weighted by Gasteiger charge is 2.14. The lowest BCUT2D eigenvalue weighted by atomic mass is 10.2. The molecule has 3 heterocycles. The number of imidazole rings is 1. The van der Waals surface area contributed by atoms with Crippen LogP contribution in [0.5, 0.6) is 0 Å². The van der Waals surface area contributed by atoms with Crippen LogP contribution in [0.4, 0.5) is 5.82 Å². The Bertz CT molecular complexity index is 780. The Morgan fingerprint density at radius 2 is 2.00 bits per heavy atom. The van der Waals surface area contributed by atoms with Crippen molar-refractivity contribution in [3.05, 3.63) is 45.2 Å². The smallest absolute Gasteiger partial charge is 0.139 e. The van der Waals surface area contributed by atoms with Crippen LogP contribution in [0.15, 0.2) is 39.5 Å². The SMILES string of the molecule is Cc1c(Br)ccc2nc(-c3cncc(Br)c3)c(N)n12. The van der Waals surface area contributed by atoms with Gasteiger partial charge in [-0.2, -0.15) is 0 Å². The molecule has 0 aliphatic carbocycles. The van der Waals surface area contributed by atoms with E-state index in [1.54, 1.807) is 12.4 Å². The van der Waals surface area contributed by atoms with E-state index in [0.29, 0.717) is 5.82 Å². The van der Waals surface area contributed by atoms with Crippen LogP contribution in [0.25, 0.3) is 16.9 Å². The Balaban J connectivity index is 2.32. The van der Waals surface area contributed by atoms with Gasteiger partial charge in [0.25, 0.3) is 0 Å². The summed E-state index contributed by atoms with van der Waals surface area (Å²) in [6.07, 6.45) is 3.49. The predicted molar refractivity (Wildman–Crippen MR) is 83.0 cm³/mol. The first kappa shape index (κ1) is 12.6. The number of rotatable bonds is 1. The van der Waals surface area contributed by atoms with Crippen molar-refractivity contribution >= 4 is 43.3 Å². The van der Waals surface area contributed by atoms with Gasteiger partial charge in [-0.1, -0.05) is 0 Å². The third-order valence-corrected chi connectivity index (χ3v) is 4.25. The standard InChI is InChI=1S/C13H10Br2N4/c1-7-10(15)2-3-11-18-12(13(16)19(7)11)8-4-9(14)6-17-5-8/h2-6H,16H2,1H3. The number of hydrogen-bond donors (Lipinski definition) is 1. The topological polar surface area (TPSA) is 56.2 Å². The second-order valence-corrected chi connectivity index (χ2v) is 5.97. The lowest BCUT2D eigenvalue weighted by Gasteiger charge is -2.04. The summed E-state index contributed by atoms with van der Waals surface area (Å²) in [6, 6.07) is 5.86. The Hall–Kier alpha value is -1.40. The van der Waals surface area contributed by atoms with Gasteiger partial charge in [-0.25, -0.2) is 4.98 Å². The molecule has 2 N–H and O–H groups in total. The highest BCUT2D eigenvalue weighted by Crippen LogP contribution is 2.30. The molecule has 4 nitrogen and oxygen atoms in total. The largest absolute Gasteiger partial charge is 0.383 e. The maximum atomic E-state index is 6.23. The van der Waals surface area contributed by atoms with E-state index in [-0.39, 0.29) is 0 Å². The van der Waals surface area contributed by atoms with E-state index in [9.17, 15) is 0 Å². The molecule has 0 fully saturated rings. The normalized spacial score (nSPS) is 11.1. The number of nitrogens with zero attached hydrogens (tertiary/aromatic N) is 3. The van der Waals surface area contributed by atoms with Crippen molar-refractivity contribution in [3.8, 4) is 11.3 Å². The molecule has 0 spiro atoms. The van der Waals surface area contributed by atoms with Gasteiger partial charge in [-0.05, 0) is 57.0 Å². The average Bonchev–Trinajstić information content (AvgIpc) is 2.72. The second kappa shape index (κ2) is 4.61. The zero-order chi connectivity index (χ0) is 13.6. The fraction of sp³-hybridized carbons (Fsp3) is 0.0769. The van der Waals surface area contributed by atoms with Gasteiger partial charge in [0.05, 0.1) is 0 Å². The molecule has 3 aromatic heterocycles. The van der Waals surface area contributed by atoms with Gasteiger partial charge in [0.1, 0.15) is 17.2 Å². The second-order valence-electron chi connectivity index (χ2n) is 4.20. The first-order valence-corrected chi connectivity index (χ1v) is 7.20. The van der Waals surface area contributed by atoms with Crippen LogP contribution in [-0.4, -0.2) is 14.4 Å². The molecular formula is C13H10Br2N4. The summed E-state index contributed by atoms with van der Waals surface area (Å²) >= 11 is 6.91. The van der Waals surface area contributed by atoms with E-state index in [1.807, 2.05) is 29.5 Å². The van der Waals surface area contributed by atoms with Crippen molar-refractivity contribution in [1.29, 1.82) is 0 Å². The minimum absolute atomic E-state index is 0.619. The molecule has 3 rings (SSSR count). The molecule has 19 heavy (non-hydrogen) atoms. The molecule has 0 amide bonds. The van der Waals surface area contributed by atoms with Crippen LogP contribution in [-0.2, 0) is 0 Å². The van der Waals surface area contributed by atoms with E-state index in [4.69, 9.17) is 5.73 Å². The predicted octanol–water partition coefficient (Wildman–Crippen LogP) is 3.81. The number of pyridine rings is 2. The zero-order valence-electron chi connectivity index (χ0n) is 10.1. The molecule has 0 unspecified atom stereocenters. The van der Waals surface area contributed by atoms with E-state index in [2.05, 4.69) is 41.8 Å². The van der Waals surface area contributed by atoms with Gasteiger partial charge in [0.2, 0.25) is 0 Å². The first-order chi connectivity index (χ1) is 9.08. The Morgan fingerprint density at radius 3 is 2.74 bits per heavy atom. The van der Waals surface area contributed by atoms with E-state index in [0.717, 1.165) is 31.5 Å². The number of fused-ring (bicyclic) bond motifs is 1. The van der Waals surface area contributed by atoms with Gasteiger partial charge < -0.3 is 5.73 Å². The summed E-state index contributed by atoms with van der Waals surface area (Å²) < 4.78 is 3.84. The monoisotopic (exact) mass is 380 g/mol. The average molecular weight is 382 g/mol. The Labute approximate surface area is 126 Å². The molecule has 0 saturated heterocycles. The minimum atomic E-state index is 0.619. The van der Waals surface area contributed by atoms with Crippen LogP contribution in [0.1, 0.15) is 5.69 Å². The van der Waals surface area contributed by atoms with Crippen molar-refractivity contribution in [2.45, 2.75) is 6.92 Å². The molecule has 0 bridgehead atoms. The maximum absolute atomic E-state index is 6.23. The van der Waals surface area contributed by atoms with Crippen LogP contribution in [0.3, 0.4) is 0 Å². The van der Waals surface area contributed by atoms with Crippen LogP contribution in [0, 0.1) is 6.92 Å². The van der Waals surface area contributed by atoms with E-state index < -0.39 is 0 Å². The summed E-state index contributed by atoms with van der Waals surface area (Å²) in [4.78, 5) is 8.73. The molecule has 0 atom stereocenters. The third-order valence-electron chi connectivity index (χ3n) is 2.98. The maximum Gasteiger partial charge on any atom is 0.139 e. The van der Waals surface area contributed by atoms with Crippen molar-refractivity contribution in [2.75, 3.05) is 5.73 Å². The molecule has 0 radical (unpaired) electrons. The third kappa shape index (κ3) is 2.04. The number of nitrogens with two attached hydrogens (primary N) is 1. The van der Waals surface area contributed by atoms with Gasteiger partial charge in [0, 0.05) is 32.6 Å². The molecule has 3 aromatic rings. The highest BCUT2D eigenvalue weighted by atomic mass is 79.9. The van der Waals surface area contributed by atoms with Crippen LogP contribution in [0.2, 0.25) is 0 Å². The van der Waals surface area contributed by atoms with Gasteiger partial charge in [-0.15, -0.1) is 0 Å². The van der Waals surface area contributed by atoms with Crippen molar-refractivity contribution in [3.63, 3.8) is 0 Å². The number of halogens is 2. The van der Waals surface area contributed by atoms with Crippen molar-refractivity contribution in [1.82, 2.24) is 14.4 Å². The molecule has 0 aliphatic rings. The molecule has 0 aliphatic heterocycles. The molecule has 96 valence electrons. The minimum Gasteiger partial charge on any atom is -0.383 e. The van der Waals surface area contributed by atoms with Gasteiger partial charge in [0.15, 0.2) is 0 Å².